The van der Waals surface area contributed by atoms with E-state index in [4.69, 9.17) is 33.2 Å². The van der Waals surface area contributed by atoms with E-state index in [2.05, 4.69) is 0 Å². The predicted molar refractivity (Wildman–Crippen MR) is 238 cm³/mol. The Kier molecular flexibility index (Phi) is 13.9. The molecule has 1 aliphatic heterocycles. The highest BCUT2D eigenvalue weighted by molar-refractivity contribution is 5.94. The number of benzene rings is 2. The van der Waals surface area contributed by atoms with Crippen LogP contribution < -0.4 is 0 Å². The molecule has 11 atom stereocenters. The Morgan fingerprint density at radius 1 is 0.809 bits per heavy atom. The van der Waals surface area contributed by atoms with Gasteiger partial charge in [-0.1, -0.05) is 62.4 Å². The van der Waals surface area contributed by atoms with Gasteiger partial charge in [-0.3, -0.25) is 14.4 Å². The van der Waals surface area contributed by atoms with Crippen molar-refractivity contribution in [2.45, 2.75) is 161 Å². The molecule has 1 unspecified atom stereocenters. The highest BCUT2D eigenvalue weighted by Gasteiger charge is 2.78. The second-order valence-electron chi connectivity index (χ2n) is 20.8. The number of esters is 4. The Morgan fingerprint density at radius 3 is 1.84 bits per heavy atom. The molecule has 3 N–H and O–H groups in total. The lowest BCUT2D eigenvalue weighted by Crippen LogP contribution is -2.81. The Labute approximate surface area is 395 Å². The van der Waals surface area contributed by atoms with Gasteiger partial charge in [-0.2, -0.15) is 0 Å². The van der Waals surface area contributed by atoms with Crippen LogP contribution in [0.1, 0.15) is 118 Å². The number of hydrogen-bond acceptors (Lipinski definition) is 17. The number of aliphatic hydroxyl groups is 3. The molecule has 18 heteroatoms. The van der Waals surface area contributed by atoms with E-state index in [0.717, 1.165) is 13.8 Å². The van der Waals surface area contributed by atoms with E-state index in [1.807, 2.05) is 0 Å². The maximum atomic E-state index is 15.2. The maximum Gasteiger partial charge on any atom is 0.420 e. The number of amides is 2. The Hall–Kier alpha value is -5.69. The lowest BCUT2D eigenvalue weighted by atomic mass is 9.44. The number of carbonyl (C=O) groups excluding carboxylic acids is 7. The highest BCUT2D eigenvalue weighted by atomic mass is 16.6. The number of fused-ring (bicyclic) bond motifs is 5. The first kappa shape index (κ1) is 51.7. The van der Waals surface area contributed by atoms with E-state index in [1.165, 1.54) is 52.0 Å². The largest absolute Gasteiger partial charge is 0.455 e. The first-order valence-electron chi connectivity index (χ1n) is 22.5. The molecule has 1 saturated heterocycles. The monoisotopic (exact) mass is 949 g/mol. The quantitative estimate of drug-likeness (QED) is 0.160. The Balaban J connectivity index is 1.56. The summed E-state index contributed by atoms with van der Waals surface area (Å²) in [5, 5.41) is 38.1. The van der Waals surface area contributed by atoms with Gasteiger partial charge in [0.2, 0.25) is 6.10 Å². The third-order valence-corrected chi connectivity index (χ3v) is 13.6. The average molecular weight is 950 g/mol. The van der Waals surface area contributed by atoms with Gasteiger partial charge in [0, 0.05) is 32.1 Å². The van der Waals surface area contributed by atoms with Crippen LogP contribution in [0.3, 0.4) is 0 Å². The lowest BCUT2D eigenvalue weighted by molar-refractivity contribution is -0.346. The zero-order valence-electron chi connectivity index (χ0n) is 40.5. The molecule has 0 radical (unpaired) electrons. The van der Waals surface area contributed by atoms with Crippen LogP contribution in [0.25, 0.3) is 0 Å². The smallest absolute Gasteiger partial charge is 0.420 e. The number of hydrogen-bond donors (Lipinski definition) is 3. The predicted octanol–water partition coefficient (Wildman–Crippen LogP) is 5.48. The van der Waals surface area contributed by atoms with E-state index < -0.39 is 130 Å². The summed E-state index contributed by atoms with van der Waals surface area (Å²) in [4.78, 5) is 99.6. The number of rotatable bonds is 9. The van der Waals surface area contributed by atoms with Gasteiger partial charge < -0.3 is 48.5 Å². The van der Waals surface area contributed by atoms with Crippen LogP contribution in [0.4, 0.5) is 9.59 Å². The number of nitrogens with zero attached hydrogens (tertiary/aromatic N) is 1. The van der Waals surface area contributed by atoms with Crippen LogP contribution >= 0.6 is 0 Å². The van der Waals surface area contributed by atoms with Gasteiger partial charge in [-0.15, -0.1) is 0 Å². The Morgan fingerprint density at radius 2 is 1.35 bits per heavy atom. The van der Waals surface area contributed by atoms with Crippen LogP contribution in [0, 0.1) is 16.7 Å². The topological polar surface area (TPSA) is 248 Å². The molecule has 18 nitrogen and oxygen atoms in total. The molecule has 3 fully saturated rings. The number of ketones is 1. The van der Waals surface area contributed by atoms with Crippen LogP contribution in [-0.2, 0) is 52.3 Å². The molecule has 2 aromatic carbocycles. The lowest BCUT2D eigenvalue weighted by Gasteiger charge is -2.67. The molecule has 2 aromatic rings. The zero-order chi connectivity index (χ0) is 50.7. The third-order valence-electron chi connectivity index (χ3n) is 13.6. The minimum absolute atomic E-state index is 0.0322. The van der Waals surface area contributed by atoms with Gasteiger partial charge in [0.25, 0.3) is 0 Å². The SMILES string of the molecule is CC(=O)O[C@@H](C(=O)O[C@H]1C[C@@]2(O)[C@@H](OC(=O)c3ccccc3)C3[C@](C)(C(=O)[C@H](O)C(=C1C)C2(C)C)[C@@H](O)C[C@H]1OC[C@@]31OC(C)=O)[C@H](c1ccccc1)N(C(=O)OC(C)(C)C)C(=O)OC(C)(C)C. The van der Waals surface area contributed by atoms with Gasteiger partial charge >= 0.3 is 36.1 Å². The van der Waals surface area contributed by atoms with Crippen LogP contribution in [-0.4, -0.2) is 128 Å². The molecule has 3 aliphatic carbocycles. The fourth-order valence-electron chi connectivity index (χ4n) is 10.4. The minimum atomic E-state index is -2.48. The van der Waals surface area contributed by atoms with Crippen molar-refractivity contribution in [2.75, 3.05) is 6.61 Å². The Bertz CT molecular complexity index is 2320. The summed E-state index contributed by atoms with van der Waals surface area (Å²) >= 11 is 0. The molecule has 2 saturated carbocycles. The van der Waals surface area contributed by atoms with Gasteiger partial charge in [-0.05, 0) is 84.2 Å². The van der Waals surface area contributed by atoms with E-state index in [9.17, 15) is 39.3 Å². The van der Waals surface area contributed by atoms with Crippen molar-refractivity contribution in [1.82, 2.24) is 4.90 Å². The minimum Gasteiger partial charge on any atom is -0.455 e. The molecular weight excluding hydrogens is 887 g/mol. The van der Waals surface area contributed by atoms with E-state index in [0.29, 0.717) is 4.90 Å². The molecule has 2 amide bonds. The molecule has 0 spiro atoms. The second-order valence-corrected chi connectivity index (χ2v) is 20.8. The molecule has 1 heterocycles. The first-order valence-corrected chi connectivity index (χ1v) is 22.5. The van der Waals surface area contributed by atoms with Gasteiger partial charge in [0.15, 0.2) is 11.4 Å². The maximum absolute atomic E-state index is 15.2. The van der Waals surface area contributed by atoms with Crippen LogP contribution in [0.5, 0.6) is 0 Å². The van der Waals surface area contributed by atoms with Crippen molar-refractivity contribution in [3.05, 3.63) is 82.9 Å². The molecule has 370 valence electrons. The molecular formula is C50H63NO17. The zero-order valence-corrected chi connectivity index (χ0v) is 40.5. The molecule has 6 rings (SSSR count). The summed E-state index contributed by atoms with van der Waals surface area (Å²) in [5.74, 6) is -6.77. The van der Waals surface area contributed by atoms with Crippen molar-refractivity contribution in [1.29, 1.82) is 0 Å². The van der Waals surface area contributed by atoms with Crippen molar-refractivity contribution in [2.24, 2.45) is 16.7 Å². The number of carbonyl (C=O) groups is 7. The summed E-state index contributed by atoms with van der Waals surface area (Å²) in [5.41, 5.74) is -10.5. The van der Waals surface area contributed by atoms with Crippen molar-refractivity contribution < 1.29 is 82.0 Å². The van der Waals surface area contributed by atoms with Crippen molar-refractivity contribution in [3.63, 3.8) is 0 Å². The number of imide groups is 1. The standard InChI is InChI=1S/C50H63NO17/c1-26-31(64-42(58)37(63-27(2)52)35(29-19-15-13-16-20-29)51(43(59)67-45(4,5)6)44(60)68-46(7,8)9)24-50(61)40(65-41(57)30-21-17-14-18-22-30)38-48(12,39(56)36(55)34(26)47(50,10)11)32(54)23-33-49(38,25-62-33)66-28(3)53/h13-22,31-33,35-38,40,54-55,61H,23-25H2,1-12H3/t31-,32-,33+,35-,36+,37+,38?,40-,48+,49-,50+/m0/s1. The van der Waals surface area contributed by atoms with Crippen molar-refractivity contribution >= 4 is 41.8 Å². The first-order chi connectivity index (χ1) is 31.4. The molecule has 2 bridgehead atoms. The fourth-order valence-corrected chi connectivity index (χ4v) is 10.4. The normalized spacial score (nSPS) is 30.5. The summed E-state index contributed by atoms with van der Waals surface area (Å²) < 4.78 is 41.5. The van der Waals surface area contributed by atoms with E-state index >= 15 is 9.59 Å². The molecule has 68 heavy (non-hydrogen) atoms. The third kappa shape index (κ3) is 9.27. The molecule has 4 aliphatic rings. The summed E-state index contributed by atoms with van der Waals surface area (Å²) in [6.07, 6.45) is -13.9. The average Bonchev–Trinajstić information content (AvgIpc) is 3.22. The number of ether oxygens (including phenoxy) is 7. The van der Waals surface area contributed by atoms with Crippen LogP contribution in [0.15, 0.2) is 71.8 Å². The van der Waals surface area contributed by atoms with E-state index in [-0.39, 0.29) is 35.3 Å². The van der Waals surface area contributed by atoms with Gasteiger partial charge in [0.05, 0.1) is 29.6 Å². The summed E-state index contributed by atoms with van der Waals surface area (Å²) in [7, 11) is 0. The number of aliphatic hydroxyl groups excluding tert-OH is 2. The van der Waals surface area contributed by atoms with Crippen molar-refractivity contribution in [3.8, 4) is 0 Å². The fraction of sp³-hybridized carbons (Fsp3) is 0.580. The second kappa shape index (κ2) is 18.3. The number of Topliss-reactive ketones (excluding diaryl/α,β-unsaturated/α-hetero) is 1. The van der Waals surface area contributed by atoms with Crippen LogP contribution in [0.2, 0.25) is 0 Å². The molecule has 0 aromatic heterocycles. The van der Waals surface area contributed by atoms with Gasteiger partial charge in [0.1, 0.15) is 47.3 Å². The highest BCUT2D eigenvalue weighted by Crippen LogP contribution is 2.64. The summed E-state index contributed by atoms with van der Waals surface area (Å²) in [6.45, 7) is 16.9. The van der Waals surface area contributed by atoms with Gasteiger partial charge in [-0.25, -0.2) is 24.1 Å². The van der Waals surface area contributed by atoms with E-state index in [1.54, 1.807) is 77.9 Å². The summed E-state index contributed by atoms with van der Waals surface area (Å²) in [6, 6.07) is 13.6.